The summed E-state index contributed by atoms with van der Waals surface area (Å²) < 4.78 is 0. The highest BCUT2D eigenvalue weighted by Gasteiger charge is 2.05. The van der Waals surface area contributed by atoms with Crippen molar-refractivity contribution in [1.82, 2.24) is 4.98 Å². The fourth-order valence-corrected chi connectivity index (χ4v) is 3.08. The third kappa shape index (κ3) is 3.71. The summed E-state index contributed by atoms with van der Waals surface area (Å²) in [6.45, 7) is 2.17. The number of nitrogens with zero attached hydrogens (tertiary/aromatic N) is 2. The van der Waals surface area contributed by atoms with Gasteiger partial charge in [-0.05, 0) is 36.2 Å². The molecule has 3 nitrogen and oxygen atoms in total. The highest BCUT2D eigenvalue weighted by atomic mass is 32.1. The van der Waals surface area contributed by atoms with Crippen molar-refractivity contribution in [3.63, 3.8) is 0 Å². The van der Waals surface area contributed by atoms with Crippen molar-refractivity contribution in [2.45, 2.75) is 13.3 Å². The molecule has 0 saturated carbocycles. The standard InChI is InChI=1S/C19H21N3S/c1-4-14-5-7-15(8-6-14)18-13-23-19(21-18)20-16-9-11-17(12-10-16)22(2)3/h5-13H,4H2,1-3H3,(H,20,21). The summed E-state index contributed by atoms with van der Waals surface area (Å²) >= 11 is 1.63. The van der Waals surface area contributed by atoms with Crippen LogP contribution in [0.5, 0.6) is 0 Å². The fraction of sp³-hybridized carbons (Fsp3) is 0.211. The van der Waals surface area contributed by atoms with Crippen LogP contribution in [0.3, 0.4) is 0 Å². The third-order valence-corrected chi connectivity index (χ3v) is 4.55. The van der Waals surface area contributed by atoms with E-state index in [4.69, 9.17) is 0 Å². The molecule has 1 aromatic heterocycles. The zero-order valence-corrected chi connectivity index (χ0v) is 14.5. The predicted octanol–water partition coefficient (Wildman–Crippen LogP) is 5.18. The second kappa shape index (κ2) is 6.84. The van der Waals surface area contributed by atoms with Crippen molar-refractivity contribution < 1.29 is 0 Å². The van der Waals surface area contributed by atoms with E-state index in [0.717, 1.165) is 28.5 Å². The lowest BCUT2D eigenvalue weighted by molar-refractivity contribution is 1.13. The normalized spacial score (nSPS) is 10.6. The first kappa shape index (κ1) is 15.6. The summed E-state index contributed by atoms with van der Waals surface area (Å²) in [5.41, 5.74) is 5.77. The van der Waals surface area contributed by atoms with Crippen LogP contribution >= 0.6 is 11.3 Å². The van der Waals surface area contributed by atoms with E-state index < -0.39 is 0 Å². The molecule has 0 fully saturated rings. The molecule has 23 heavy (non-hydrogen) atoms. The van der Waals surface area contributed by atoms with Gasteiger partial charge in [0.2, 0.25) is 0 Å². The molecule has 0 aliphatic rings. The highest BCUT2D eigenvalue weighted by molar-refractivity contribution is 7.14. The van der Waals surface area contributed by atoms with E-state index >= 15 is 0 Å². The Labute approximate surface area is 141 Å². The van der Waals surface area contributed by atoms with Gasteiger partial charge in [0.05, 0.1) is 5.69 Å². The second-order valence-corrected chi connectivity index (χ2v) is 6.51. The van der Waals surface area contributed by atoms with Crippen LogP contribution in [0, 0.1) is 0 Å². The lowest BCUT2D eigenvalue weighted by atomic mass is 10.1. The Morgan fingerprint density at radius 3 is 2.30 bits per heavy atom. The minimum absolute atomic E-state index is 0.914. The largest absolute Gasteiger partial charge is 0.378 e. The summed E-state index contributed by atoms with van der Waals surface area (Å²) in [5, 5.41) is 6.38. The molecule has 3 aromatic rings. The van der Waals surface area contributed by atoms with Crippen LogP contribution in [0.4, 0.5) is 16.5 Å². The summed E-state index contributed by atoms with van der Waals surface area (Å²) in [7, 11) is 4.08. The van der Waals surface area contributed by atoms with Gasteiger partial charge in [-0.25, -0.2) is 4.98 Å². The number of aryl methyl sites for hydroxylation is 1. The van der Waals surface area contributed by atoms with Gasteiger partial charge in [0.25, 0.3) is 0 Å². The lowest BCUT2D eigenvalue weighted by Crippen LogP contribution is -2.08. The van der Waals surface area contributed by atoms with Crippen LogP contribution in [0.15, 0.2) is 53.9 Å². The lowest BCUT2D eigenvalue weighted by Gasteiger charge is -2.12. The topological polar surface area (TPSA) is 28.2 Å². The average molecular weight is 323 g/mol. The van der Waals surface area contributed by atoms with Gasteiger partial charge in [-0.1, -0.05) is 31.2 Å². The van der Waals surface area contributed by atoms with E-state index in [1.54, 1.807) is 11.3 Å². The molecule has 0 spiro atoms. The van der Waals surface area contributed by atoms with E-state index in [-0.39, 0.29) is 0 Å². The first-order valence-electron chi connectivity index (χ1n) is 7.75. The number of hydrogen-bond acceptors (Lipinski definition) is 4. The molecule has 0 aliphatic heterocycles. The van der Waals surface area contributed by atoms with Crippen molar-refractivity contribution >= 4 is 27.8 Å². The predicted molar refractivity (Wildman–Crippen MR) is 101 cm³/mol. The van der Waals surface area contributed by atoms with E-state index in [1.807, 2.05) is 14.1 Å². The Morgan fingerprint density at radius 2 is 1.70 bits per heavy atom. The maximum Gasteiger partial charge on any atom is 0.187 e. The first-order chi connectivity index (χ1) is 11.2. The Balaban J connectivity index is 1.73. The molecule has 4 heteroatoms. The molecule has 118 valence electrons. The monoisotopic (exact) mass is 323 g/mol. The Bertz CT molecular complexity index is 758. The van der Waals surface area contributed by atoms with Crippen LogP contribution in [-0.2, 0) is 6.42 Å². The maximum atomic E-state index is 4.69. The molecule has 0 bridgehead atoms. The number of aromatic nitrogens is 1. The summed E-state index contributed by atoms with van der Waals surface area (Å²) in [6.07, 6.45) is 1.06. The van der Waals surface area contributed by atoms with Gasteiger partial charge in [0.15, 0.2) is 5.13 Å². The fourth-order valence-electron chi connectivity index (χ4n) is 2.34. The molecule has 2 aromatic carbocycles. The van der Waals surface area contributed by atoms with Crippen LogP contribution in [-0.4, -0.2) is 19.1 Å². The SMILES string of the molecule is CCc1ccc(-c2csc(Nc3ccc(N(C)C)cc3)n2)cc1. The molecule has 1 N–H and O–H groups in total. The number of anilines is 3. The van der Waals surface area contributed by atoms with Crippen molar-refractivity contribution in [2.75, 3.05) is 24.3 Å². The number of nitrogens with one attached hydrogen (secondary N) is 1. The zero-order chi connectivity index (χ0) is 16.2. The minimum Gasteiger partial charge on any atom is -0.378 e. The van der Waals surface area contributed by atoms with Gasteiger partial charge in [-0.3, -0.25) is 0 Å². The van der Waals surface area contributed by atoms with Gasteiger partial charge >= 0.3 is 0 Å². The van der Waals surface area contributed by atoms with E-state index in [9.17, 15) is 0 Å². The molecule has 3 rings (SSSR count). The maximum absolute atomic E-state index is 4.69. The summed E-state index contributed by atoms with van der Waals surface area (Å²) in [6, 6.07) is 17.0. The van der Waals surface area contributed by atoms with Gasteiger partial charge in [-0.15, -0.1) is 11.3 Å². The van der Waals surface area contributed by atoms with Gasteiger partial charge in [-0.2, -0.15) is 0 Å². The molecule has 0 radical (unpaired) electrons. The highest BCUT2D eigenvalue weighted by Crippen LogP contribution is 2.28. The summed E-state index contributed by atoms with van der Waals surface area (Å²) in [4.78, 5) is 6.77. The molecule has 0 unspecified atom stereocenters. The summed E-state index contributed by atoms with van der Waals surface area (Å²) in [5.74, 6) is 0. The Kier molecular flexibility index (Phi) is 4.63. The molecule has 0 amide bonds. The first-order valence-corrected chi connectivity index (χ1v) is 8.63. The quantitative estimate of drug-likeness (QED) is 0.701. The van der Waals surface area contributed by atoms with Crippen LogP contribution in [0.25, 0.3) is 11.3 Å². The van der Waals surface area contributed by atoms with E-state index in [2.05, 4.69) is 76.0 Å². The van der Waals surface area contributed by atoms with Crippen LogP contribution in [0.1, 0.15) is 12.5 Å². The molecule has 0 atom stereocenters. The molecule has 0 saturated heterocycles. The Hall–Kier alpha value is -2.33. The number of benzene rings is 2. The molecular weight excluding hydrogens is 302 g/mol. The third-order valence-electron chi connectivity index (χ3n) is 3.80. The second-order valence-electron chi connectivity index (χ2n) is 5.65. The molecular formula is C19H21N3S. The Morgan fingerprint density at radius 1 is 1.00 bits per heavy atom. The van der Waals surface area contributed by atoms with E-state index in [0.29, 0.717) is 0 Å². The molecule has 0 aliphatic carbocycles. The zero-order valence-electron chi connectivity index (χ0n) is 13.7. The smallest absolute Gasteiger partial charge is 0.187 e. The van der Waals surface area contributed by atoms with Gasteiger partial charge in [0, 0.05) is 36.4 Å². The van der Waals surface area contributed by atoms with Crippen LogP contribution in [0.2, 0.25) is 0 Å². The molecule has 1 heterocycles. The van der Waals surface area contributed by atoms with Crippen molar-refractivity contribution in [1.29, 1.82) is 0 Å². The van der Waals surface area contributed by atoms with E-state index in [1.165, 1.54) is 11.3 Å². The van der Waals surface area contributed by atoms with Crippen molar-refractivity contribution in [3.8, 4) is 11.3 Å². The van der Waals surface area contributed by atoms with Crippen molar-refractivity contribution in [3.05, 3.63) is 59.5 Å². The number of thiazole rings is 1. The number of hydrogen-bond donors (Lipinski definition) is 1. The minimum atomic E-state index is 0.914. The number of rotatable bonds is 5. The average Bonchev–Trinajstić information content (AvgIpc) is 3.04. The van der Waals surface area contributed by atoms with Gasteiger partial charge in [0.1, 0.15) is 0 Å². The van der Waals surface area contributed by atoms with Crippen molar-refractivity contribution in [2.24, 2.45) is 0 Å². The van der Waals surface area contributed by atoms with Gasteiger partial charge < -0.3 is 10.2 Å². The van der Waals surface area contributed by atoms with Crippen LogP contribution < -0.4 is 10.2 Å².